The summed E-state index contributed by atoms with van der Waals surface area (Å²) in [7, 11) is 1.33. The standard InChI is InChI=1S/C19H22FNO5/c1-11-6-7-14-15(17(22)24-2)10-25-18(16(11)14)26-19(23)21-9-12-4-3-5-13(20)8-12/h3-5,8,10-11,14,16,18H,6-7,9H2,1-2H3,(H,21,23). The van der Waals surface area contributed by atoms with E-state index in [1.54, 1.807) is 12.1 Å². The Hall–Kier alpha value is -2.57. The molecular weight excluding hydrogens is 341 g/mol. The first-order valence-corrected chi connectivity index (χ1v) is 8.62. The lowest BCUT2D eigenvalue weighted by Gasteiger charge is -2.34. The zero-order chi connectivity index (χ0) is 18.7. The van der Waals surface area contributed by atoms with Crippen LogP contribution in [0.1, 0.15) is 25.3 Å². The van der Waals surface area contributed by atoms with E-state index in [0.29, 0.717) is 11.1 Å². The first kappa shape index (κ1) is 18.2. The summed E-state index contributed by atoms with van der Waals surface area (Å²) in [6.07, 6.45) is 1.67. The van der Waals surface area contributed by atoms with Gasteiger partial charge in [0.15, 0.2) is 0 Å². The van der Waals surface area contributed by atoms with Crippen molar-refractivity contribution >= 4 is 12.1 Å². The van der Waals surface area contributed by atoms with Crippen molar-refractivity contribution in [2.24, 2.45) is 17.8 Å². The number of hydrogen-bond donors (Lipinski definition) is 1. The number of ether oxygens (including phenoxy) is 3. The number of esters is 1. The van der Waals surface area contributed by atoms with E-state index in [-0.39, 0.29) is 30.1 Å². The van der Waals surface area contributed by atoms with Crippen LogP contribution in [0, 0.1) is 23.6 Å². The summed E-state index contributed by atoms with van der Waals surface area (Å²) < 4.78 is 28.9. The van der Waals surface area contributed by atoms with Crippen LogP contribution in [0.25, 0.3) is 0 Å². The number of alkyl carbamates (subject to hydrolysis) is 1. The fourth-order valence-corrected chi connectivity index (χ4v) is 3.76. The maximum Gasteiger partial charge on any atom is 0.410 e. The number of halogens is 1. The van der Waals surface area contributed by atoms with Gasteiger partial charge in [-0.3, -0.25) is 0 Å². The van der Waals surface area contributed by atoms with E-state index in [2.05, 4.69) is 12.2 Å². The molecule has 1 aromatic rings. The Bertz CT molecular complexity index is 720. The molecular formula is C19H22FNO5. The van der Waals surface area contributed by atoms with Gasteiger partial charge in [-0.1, -0.05) is 19.1 Å². The van der Waals surface area contributed by atoms with Gasteiger partial charge in [-0.2, -0.15) is 0 Å². The van der Waals surface area contributed by atoms with E-state index in [4.69, 9.17) is 14.2 Å². The first-order chi connectivity index (χ1) is 12.5. The van der Waals surface area contributed by atoms with Gasteiger partial charge in [0.2, 0.25) is 6.29 Å². The highest BCUT2D eigenvalue weighted by atomic mass is 19.1. The molecule has 1 N–H and O–H groups in total. The van der Waals surface area contributed by atoms with Crippen molar-refractivity contribution in [3.63, 3.8) is 0 Å². The lowest BCUT2D eigenvalue weighted by atomic mass is 9.83. The van der Waals surface area contributed by atoms with Crippen LogP contribution in [0.5, 0.6) is 0 Å². The topological polar surface area (TPSA) is 73.9 Å². The van der Waals surface area contributed by atoms with E-state index < -0.39 is 18.4 Å². The first-order valence-electron chi connectivity index (χ1n) is 8.62. The van der Waals surface area contributed by atoms with Gasteiger partial charge in [0.05, 0.1) is 18.9 Å². The van der Waals surface area contributed by atoms with Crippen molar-refractivity contribution in [3.05, 3.63) is 47.5 Å². The van der Waals surface area contributed by atoms with Crippen LogP contribution in [0.3, 0.4) is 0 Å². The number of methoxy groups -OCH3 is 1. The van der Waals surface area contributed by atoms with Gasteiger partial charge >= 0.3 is 12.1 Å². The highest BCUT2D eigenvalue weighted by molar-refractivity contribution is 5.89. The summed E-state index contributed by atoms with van der Waals surface area (Å²) >= 11 is 0. The minimum Gasteiger partial charge on any atom is -0.466 e. The zero-order valence-electron chi connectivity index (χ0n) is 14.7. The fraction of sp³-hybridized carbons (Fsp3) is 0.474. The largest absolute Gasteiger partial charge is 0.466 e. The highest BCUT2D eigenvalue weighted by Crippen LogP contribution is 2.46. The zero-order valence-corrected chi connectivity index (χ0v) is 14.7. The summed E-state index contributed by atoms with van der Waals surface area (Å²) in [6, 6.07) is 5.97. The molecule has 0 saturated heterocycles. The molecule has 2 aliphatic rings. The number of carbonyl (C=O) groups excluding carboxylic acids is 2. The Morgan fingerprint density at radius 3 is 2.88 bits per heavy atom. The summed E-state index contributed by atoms with van der Waals surface area (Å²) in [4.78, 5) is 24.0. The lowest BCUT2D eigenvalue weighted by molar-refractivity contribution is -0.145. The number of benzene rings is 1. The van der Waals surface area contributed by atoms with Crippen LogP contribution < -0.4 is 5.32 Å². The summed E-state index contributed by atoms with van der Waals surface area (Å²) in [5.74, 6) is -0.685. The Balaban J connectivity index is 1.62. The fourth-order valence-electron chi connectivity index (χ4n) is 3.76. The molecule has 0 bridgehead atoms. The van der Waals surface area contributed by atoms with E-state index in [9.17, 15) is 14.0 Å². The van der Waals surface area contributed by atoms with Crippen molar-refractivity contribution in [2.45, 2.75) is 32.6 Å². The molecule has 26 heavy (non-hydrogen) atoms. The third kappa shape index (κ3) is 3.81. The second kappa shape index (κ2) is 7.76. The van der Waals surface area contributed by atoms with Gasteiger partial charge < -0.3 is 19.5 Å². The van der Waals surface area contributed by atoms with Gasteiger partial charge in [0.25, 0.3) is 0 Å². The number of nitrogens with one attached hydrogen (secondary N) is 1. The van der Waals surface area contributed by atoms with Crippen LogP contribution in [-0.2, 0) is 25.5 Å². The smallest absolute Gasteiger partial charge is 0.410 e. The van der Waals surface area contributed by atoms with Gasteiger partial charge in [-0.25, -0.2) is 14.0 Å². The molecule has 0 radical (unpaired) electrons. The molecule has 6 nitrogen and oxygen atoms in total. The second-order valence-corrected chi connectivity index (χ2v) is 6.70. The Morgan fingerprint density at radius 2 is 2.15 bits per heavy atom. The predicted molar refractivity (Wildman–Crippen MR) is 90.1 cm³/mol. The highest BCUT2D eigenvalue weighted by Gasteiger charge is 2.48. The maximum atomic E-state index is 13.2. The average molecular weight is 363 g/mol. The van der Waals surface area contributed by atoms with Crippen molar-refractivity contribution in [1.29, 1.82) is 0 Å². The maximum absolute atomic E-state index is 13.2. The molecule has 3 rings (SSSR count). The van der Waals surface area contributed by atoms with Gasteiger partial charge in [0.1, 0.15) is 5.82 Å². The third-order valence-corrected chi connectivity index (χ3v) is 5.07. The molecule has 1 aliphatic heterocycles. The average Bonchev–Trinajstić information content (AvgIpc) is 3.02. The summed E-state index contributed by atoms with van der Waals surface area (Å²) in [5.41, 5.74) is 1.12. The molecule has 1 aliphatic carbocycles. The predicted octanol–water partition coefficient (Wildman–Crippen LogP) is 3.13. The number of amides is 1. The van der Waals surface area contributed by atoms with E-state index in [1.807, 2.05) is 0 Å². The SMILES string of the molecule is COC(=O)C1=COC(OC(=O)NCc2cccc(F)c2)C2C(C)CCC12. The second-order valence-electron chi connectivity index (χ2n) is 6.70. The summed E-state index contributed by atoms with van der Waals surface area (Å²) in [5, 5.41) is 2.59. The minimum absolute atomic E-state index is 0.0489. The molecule has 1 fully saturated rings. The normalized spacial score (nSPS) is 27.0. The molecule has 4 unspecified atom stereocenters. The third-order valence-electron chi connectivity index (χ3n) is 5.07. The van der Waals surface area contributed by atoms with E-state index >= 15 is 0 Å². The molecule has 1 amide bonds. The molecule has 0 aromatic heterocycles. The Kier molecular flexibility index (Phi) is 5.44. The lowest BCUT2D eigenvalue weighted by Crippen LogP contribution is -2.41. The molecule has 0 spiro atoms. The molecule has 1 saturated carbocycles. The molecule has 1 heterocycles. The van der Waals surface area contributed by atoms with Crippen LogP contribution in [-0.4, -0.2) is 25.5 Å². The van der Waals surface area contributed by atoms with Crippen LogP contribution in [0.4, 0.5) is 9.18 Å². The Morgan fingerprint density at radius 1 is 1.35 bits per heavy atom. The van der Waals surface area contributed by atoms with E-state index in [0.717, 1.165) is 12.8 Å². The van der Waals surface area contributed by atoms with Crippen LogP contribution >= 0.6 is 0 Å². The number of carbonyl (C=O) groups is 2. The molecule has 1 aromatic carbocycles. The van der Waals surface area contributed by atoms with Crippen molar-refractivity contribution in [1.82, 2.24) is 5.32 Å². The van der Waals surface area contributed by atoms with Gasteiger partial charge in [-0.15, -0.1) is 0 Å². The molecule has 140 valence electrons. The van der Waals surface area contributed by atoms with Gasteiger partial charge in [-0.05, 0) is 36.5 Å². The van der Waals surface area contributed by atoms with E-state index in [1.165, 1.54) is 25.5 Å². The monoisotopic (exact) mass is 363 g/mol. The quantitative estimate of drug-likeness (QED) is 0.832. The number of rotatable bonds is 4. The van der Waals surface area contributed by atoms with Crippen molar-refractivity contribution in [2.75, 3.05) is 7.11 Å². The van der Waals surface area contributed by atoms with Crippen LogP contribution in [0.15, 0.2) is 36.1 Å². The summed E-state index contributed by atoms with van der Waals surface area (Å²) in [6.45, 7) is 2.20. The van der Waals surface area contributed by atoms with Crippen molar-refractivity contribution in [3.8, 4) is 0 Å². The number of hydrogen-bond acceptors (Lipinski definition) is 5. The minimum atomic E-state index is -0.765. The van der Waals surface area contributed by atoms with Crippen molar-refractivity contribution < 1.29 is 28.2 Å². The van der Waals surface area contributed by atoms with Crippen LogP contribution in [0.2, 0.25) is 0 Å². The van der Waals surface area contributed by atoms with Gasteiger partial charge in [0, 0.05) is 18.4 Å². The molecule has 4 atom stereocenters. The molecule has 7 heteroatoms. The Labute approximate surface area is 151 Å². The number of fused-ring (bicyclic) bond motifs is 1.